The molecule has 1 atom stereocenters. The summed E-state index contributed by atoms with van der Waals surface area (Å²) < 4.78 is 7.03. The molecule has 0 radical (unpaired) electrons. The molecule has 1 N–H and O–H groups in total. The van der Waals surface area contributed by atoms with Crippen molar-refractivity contribution in [1.29, 1.82) is 0 Å². The van der Waals surface area contributed by atoms with Gasteiger partial charge in [0.2, 0.25) is 5.91 Å². The Hall–Kier alpha value is -3.49. The van der Waals surface area contributed by atoms with Gasteiger partial charge in [-0.15, -0.1) is 0 Å². The van der Waals surface area contributed by atoms with E-state index in [1.54, 1.807) is 36.8 Å². The lowest BCUT2D eigenvalue weighted by Crippen LogP contribution is -2.58. The number of ether oxygens (including phenoxy) is 1. The standard InChI is InChI=1S/C18H19N5O4/c1-27-14-5-2-4-13(10-14)23-17(25)15(16(24)21-18(23)26)11-19-6-3-8-22-9-7-20-12-22/h2,4-5,7,9-12,15H,3,6,8H2,1H3,(H,21,24,26)/t15-/m0/s1. The molecule has 0 aliphatic carbocycles. The smallest absolute Gasteiger partial charge is 0.335 e. The molecule has 2 aromatic rings. The van der Waals surface area contributed by atoms with Crippen molar-refractivity contribution in [1.82, 2.24) is 14.9 Å². The summed E-state index contributed by atoms with van der Waals surface area (Å²) >= 11 is 0. The summed E-state index contributed by atoms with van der Waals surface area (Å²) in [6.45, 7) is 1.18. The van der Waals surface area contributed by atoms with Crippen molar-refractivity contribution < 1.29 is 19.1 Å². The molecule has 0 unspecified atom stereocenters. The van der Waals surface area contributed by atoms with Gasteiger partial charge in [-0.2, -0.15) is 0 Å². The number of imidazole rings is 1. The third kappa shape index (κ3) is 4.20. The average Bonchev–Trinajstić information content (AvgIpc) is 3.17. The highest BCUT2D eigenvalue weighted by Gasteiger charge is 2.40. The zero-order valence-electron chi connectivity index (χ0n) is 14.7. The quantitative estimate of drug-likeness (QED) is 0.449. The predicted molar refractivity (Wildman–Crippen MR) is 97.7 cm³/mol. The highest BCUT2D eigenvalue weighted by molar-refractivity contribution is 6.32. The number of hydrogen-bond acceptors (Lipinski definition) is 6. The molecule has 9 nitrogen and oxygen atoms in total. The number of nitrogens with zero attached hydrogens (tertiary/aromatic N) is 4. The molecule has 9 heteroatoms. The second-order valence-electron chi connectivity index (χ2n) is 5.86. The van der Waals surface area contributed by atoms with Crippen LogP contribution in [0.25, 0.3) is 0 Å². The van der Waals surface area contributed by atoms with E-state index in [2.05, 4.69) is 15.3 Å². The molecular formula is C18H19N5O4. The molecule has 4 amide bonds. The van der Waals surface area contributed by atoms with Crippen molar-refractivity contribution in [3.63, 3.8) is 0 Å². The molecule has 1 aromatic carbocycles. The van der Waals surface area contributed by atoms with Gasteiger partial charge in [0.15, 0.2) is 5.92 Å². The Labute approximate surface area is 155 Å². The first-order valence-electron chi connectivity index (χ1n) is 8.38. The molecule has 1 fully saturated rings. The Bertz CT molecular complexity index is 862. The second kappa shape index (κ2) is 8.26. The van der Waals surface area contributed by atoms with Crippen LogP contribution >= 0.6 is 0 Å². The number of amides is 4. The van der Waals surface area contributed by atoms with Crippen molar-refractivity contribution in [2.24, 2.45) is 10.9 Å². The van der Waals surface area contributed by atoms with Crippen molar-refractivity contribution in [3.8, 4) is 5.75 Å². The number of aromatic nitrogens is 2. The number of methoxy groups -OCH3 is 1. The first-order chi connectivity index (χ1) is 13.1. The number of anilines is 1. The Balaban J connectivity index is 1.67. The van der Waals surface area contributed by atoms with Crippen LogP contribution < -0.4 is 15.0 Å². The lowest BCUT2D eigenvalue weighted by molar-refractivity contribution is -0.131. The van der Waals surface area contributed by atoms with E-state index in [0.29, 0.717) is 18.0 Å². The number of carbonyl (C=O) groups is 3. The van der Waals surface area contributed by atoms with Gasteiger partial charge >= 0.3 is 6.03 Å². The first kappa shape index (κ1) is 18.3. The number of imide groups is 2. The summed E-state index contributed by atoms with van der Waals surface area (Å²) in [5.41, 5.74) is 0.322. The fraction of sp³-hybridized carbons (Fsp3) is 0.278. The van der Waals surface area contributed by atoms with Gasteiger partial charge in [0.25, 0.3) is 5.91 Å². The molecule has 1 aliphatic heterocycles. The number of hydrogen-bond donors (Lipinski definition) is 1. The number of rotatable bonds is 7. The Morgan fingerprint density at radius 1 is 1.33 bits per heavy atom. The van der Waals surface area contributed by atoms with E-state index < -0.39 is 23.8 Å². The average molecular weight is 369 g/mol. The monoisotopic (exact) mass is 369 g/mol. The Morgan fingerprint density at radius 3 is 2.93 bits per heavy atom. The fourth-order valence-corrected chi connectivity index (χ4v) is 2.66. The third-order valence-electron chi connectivity index (χ3n) is 4.03. The number of benzene rings is 1. The van der Waals surface area contributed by atoms with Gasteiger partial charge in [-0.05, 0) is 18.6 Å². The minimum atomic E-state index is -1.15. The summed E-state index contributed by atoms with van der Waals surface area (Å²) in [5, 5.41) is 2.19. The fourth-order valence-electron chi connectivity index (χ4n) is 2.66. The van der Waals surface area contributed by atoms with Gasteiger partial charge in [-0.25, -0.2) is 14.7 Å². The maximum atomic E-state index is 12.7. The minimum Gasteiger partial charge on any atom is -0.497 e. The van der Waals surface area contributed by atoms with E-state index in [9.17, 15) is 14.4 Å². The number of aryl methyl sites for hydroxylation is 1. The van der Waals surface area contributed by atoms with Gasteiger partial charge in [0, 0.05) is 37.8 Å². The lowest BCUT2D eigenvalue weighted by Gasteiger charge is -2.28. The number of carbonyl (C=O) groups excluding carboxylic acids is 3. The molecule has 0 spiro atoms. The van der Waals surface area contributed by atoms with E-state index in [1.807, 2.05) is 10.8 Å². The second-order valence-corrected chi connectivity index (χ2v) is 5.86. The van der Waals surface area contributed by atoms with Crippen molar-refractivity contribution >= 4 is 29.7 Å². The van der Waals surface area contributed by atoms with Crippen molar-refractivity contribution in [3.05, 3.63) is 43.0 Å². The van der Waals surface area contributed by atoms with Crippen LogP contribution in [0, 0.1) is 5.92 Å². The maximum absolute atomic E-state index is 12.7. The number of nitrogens with one attached hydrogen (secondary N) is 1. The Kier molecular flexibility index (Phi) is 5.60. The molecule has 1 aromatic heterocycles. The van der Waals surface area contributed by atoms with Crippen LogP contribution in [-0.2, 0) is 16.1 Å². The van der Waals surface area contributed by atoms with E-state index >= 15 is 0 Å². The highest BCUT2D eigenvalue weighted by Crippen LogP contribution is 2.24. The van der Waals surface area contributed by atoms with Crippen LogP contribution in [0.1, 0.15) is 6.42 Å². The van der Waals surface area contributed by atoms with Gasteiger partial charge < -0.3 is 9.30 Å². The number of aliphatic imine (C=N–C) groups is 1. The van der Waals surface area contributed by atoms with Crippen LogP contribution in [-0.4, -0.2) is 47.3 Å². The van der Waals surface area contributed by atoms with E-state index in [0.717, 1.165) is 17.9 Å². The van der Waals surface area contributed by atoms with Gasteiger partial charge in [-0.3, -0.25) is 19.9 Å². The zero-order chi connectivity index (χ0) is 19.2. The van der Waals surface area contributed by atoms with Gasteiger partial charge in [-0.1, -0.05) is 6.07 Å². The molecular weight excluding hydrogens is 350 g/mol. The summed E-state index contributed by atoms with van der Waals surface area (Å²) in [5.74, 6) is -1.98. The summed E-state index contributed by atoms with van der Waals surface area (Å²) in [6.07, 6.45) is 7.27. The molecule has 1 saturated heterocycles. The molecule has 27 heavy (non-hydrogen) atoms. The van der Waals surface area contributed by atoms with E-state index in [4.69, 9.17) is 4.74 Å². The first-order valence-corrected chi connectivity index (χ1v) is 8.38. The topological polar surface area (TPSA) is 106 Å². The molecule has 0 saturated carbocycles. The van der Waals surface area contributed by atoms with Crippen LogP contribution in [0.15, 0.2) is 48.0 Å². The number of barbiturate groups is 1. The predicted octanol–water partition coefficient (Wildman–Crippen LogP) is 1.25. The largest absolute Gasteiger partial charge is 0.497 e. The summed E-state index contributed by atoms with van der Waals surface area (Å²) in [7, 11) is 1.49. The maximum Gasteiger partial charge on any atom is 0.335 e. The highest BCUT2D eigenvalue weighted by atomic mass is 16.5. The van der Waals surface area contributed by atoms with Crippen LogP contribution in [0.3, 0.4) is 0 Å². The minimum absolute atomic E-state index is 0.322. The lowest BCUT2D eigenvalue weighted by atomic mass is 10.1. The molecule has 1 aliphatic rings. The summed E-state index contributed by atoms with van der Waals surface area (Å²) in [4.78, 5) is 46.0. The molecule has 3 rings (SSSR count). The van der Waals surface area contributed by atoms with Gasteiger partial charge in [0.1, 0.15) is 5.75 Å². The number of urea groups is 1. The zero-order valence-corrected chi connectivity index (χ0v) is 14.7. The van der Waals surface area contributed by atoms with Crippen molar-refractivity contribution in [2.75, 3.05) is 18.6 Å². The van der Waals surface area contributed by atoms with E-state index in [-0.39, 0.29) is 0 Å². The third-order valence-corrected chi connectivity index (χ3v) is 4.03. The van der Waals surface area contributed by atoms with Crippen LogP contribution in [0.4, 0.5) is 10.5 Å². The SMILES string of the molecule is COc1cccc(N2C(=O)NC(=O)[C@H](C=NCCCn3ccnc3)C2=O)c1. The van der Waals surface area contributed by atoms with Crippen LogP contribution in [0.2, 0.25) is 0 Å². The molecule has 2 heterocycles. The summed E-state index contributed by atoms with van der Waals surface area (Å²) in [6, 6.07) is 5.70. The van der Waals surface area contributed by atoms with Gasteiger partial charge in [0.05, 0.1) is 19.1 Å². The Morgan fingerprint density at radius 2 is 2.19 bits per heavy atom. The molecule has 0 bridgehead atoms. The molecule has 140 valence electrons. The normalized spacial score (nSPS) is 17.4. The van der Waals surface area contributed by atoms with E-state index in [1.165, 1.54) is 13.3 Å². The van der Waals surface area contributed by atoms with Crippen molar-refractivity contribution in [2.45, 2.75) is 13.0 Å². The van der Waals surface area contributed by atoms with Crippen LogP contribution in [0.5, 0.6) is 5.75 Å².